The summed E-state index contributed by atoms with van der Waals surface area (Å²) in [6.45, 7) is 0. The van der Waals surface area contributed by atoms with Crippen LogP contribution in [0.25, 0.3) is 0 Å². The van der Waals surface area contributed by atoms with Crippen LogP contribution < -0.4 is 9.46 Å². The third-order valence-corrected chi connectivity index (χ3v) is 3.88. The second kappa shape index (κ2) is 5.60. The topological polar surface area (TPSA) is 68.3 Å². The summed E-state index contributed by atoms with van der Waals surface area (Å²) in [6.07, 6.45) is 1.36. The molecule has 1 aromatic carbocycles. The van der Waals surface area contributed by atoms with Gasteiger partial charge in [0, 0.05) is 6.20 Å². The summed E-state index contributed by atoms with van der Waals surface area (Å²) in [4.78, 5) is 2.73. The minimum absolute atomic E-state index is 0.0518. The molecule has 1 heterocycles. The Kier molecular flexibility index (Phi) is 4.03. The average Bonchev–Trinajstić information content (AvgIpc) is 2.44. The normalized spacial score (nSPS) is 11.2. The number of aromatic nitrogens is 1. The highest BCUT2D eigenvalue weighted by molar-refractivity contribution is 7.92. The summed E-state index contributed by atoms with van der Waals surface area (Å²) in [5.74, 6) is -5.20. The molecule has 0 aliphatic heterocycles. The van der Waals surface area contributed by atoms with E-state index in [2.05, 4.69) is 4.98 Å². The lowest BCUT2D eigenvalue weighted by atomic mass is 10.3. The van der Waals surface area contributed by atoms with E-state index in [0.29, 0.717) is 12.1 Å². The molecule has 0 aliphatic carbocycles. The summed E-state index contributed by atoms with van der Waals surface area (Å²) < 4.78 is 70.4. The van der Waals surface area contributed by atoms with Gasteiger partial charge in [-0.3, -0.25) is 4.72 Å². The van der Waals surface area contributed by atoms with Crippen LogP contribution in [0.1, 0.15) is 0 Å². The van der Waals surface area contributed by atoms with Gasteiger partial charge < -0.3 is 4.74 Å². The molecule has 9 heteroatoms. The van der Waals surface area contributed by atoms with Gasteiger partial charge in [0.05, 0.1) is 7.11 Å². The van der Waals surface area contributed by atoms with Crippen molar-refractivity contribution >= 4 is 15.7 Å². The number of nitrogens with zero attached hydrogens (tertiary/aromatic N) is 1. The van der Waals surface area contributed by atoms with Gasteiger partial charge in [-0.1, -0.05) is 0 Å². The predicted octanol–water partition coefficient (Wildman–Crippen LogP) is 2.31. The number of sulfonamides is 1. The fourth-order valence-corrected chi connectivity index (χ4v) is 2.67. The van der Waals surface area contributed by atoms with E-state index in [9.17, 15) is 21.6 Å². The van der Waals surface area contributed by atoms with E-state index in [1.54, 1.807) is 0 Å². The minimum Gasteiger partial charge on any atom is -0.480 e. The number of pyridine rings is 1. The van der Waals surface area contributed by atoms with Gasteiger partial charge in [0.25, 0.3) is 10.0 Å². The highest BCUT2D eigenvalue weighted by Crippen LogP contribution is 2.26. The first kappa shape index (κ1) is 15.1. The second-order valence-corrected chi connectivity index (χ2v) is 5.49. The molecule has 0 atom stereocenters. The van der Waals surface area contributed by atoms with Crippen molar-refractivity contribution < 1.29 is 26.3 Å². The first-order chi connectivity index (χ1) is 9.86. The Balaban J connectivity index is 2.46. The molecule has 0 spiro atoms. The number of nitrogens with one attached hydrogen (secondary N) is 1. The Morgan fingerprint density at radius 3 is 2.52 bits per heavy atom. The average molecular weight is 318 g/mol. The van der Waals surface area contributed by atoms with Crippen molar-refractivity contribution in [1.82, 2.24) is 4.98 Å². The molecule has 1 N–H and O–H groups in total. The van der Waals surface area contributed by atoms with Gasteiger partial charge in [-0.15, -0.1) is 0 Å². The Morgan fingerprint density at radius 2 is 1.86 bits per heavy atom. The van der Waals surface area contributed by atoms with Crippen LogP contribution in [-0.2, 0) is 10.0 Å². The van der Waals surface area contributed by atoms with Crippen molar-refractivity contribution in [3.05, 3.63) is 47.9 Å². The molecule has 0 bridgehead atoms. The molecule has 0 amide bonds. The second-order valence-electron chi connectivity index (χ2n) is 3.84. The van der Waals surface area contributed by atoms with Crippen LogP contribution in [0.5, 0.6) is 5.88 Å². The van der Waals surface area contributed by atoms with Gasteiger partial charge in [0.1, 0.15) is 10.6 Å². The Hall–Kier alpha value is -2.29. The quantitative estimate of drug-likeness (QED) is 0.879. The molecule has 0 unspecified atom stereocenters. The third-order valence-electron chi connectivity index (χ3n) is 2.50. The molecular formula is C12H9F3N2O3S. The number of methoxy groups -OCH3 is 1. The van der Waals surface area contributed by atoms with E-state index in [0.717, 1.165) is 0 Å². The first-order valence-electron chi connectivity index (χ1n) is 5.52. The van der Waals surface area contributed by atoms with Crippen LogP contribution >= 0.6 is 0 Å². The Bertz CT molecular complexity index is 781. The molecule has 0 saturated heterocycles. The number of halogens is 3. The fraction of sp³-hybridized carbons (Fsp3) is 0.0833. The molecule has 2 aromatic rings. The zero-order chi connectivity index (χ0) is 15.6. The number of hydrogen-bond donors (Lipinski definition) is 1. The van der Waals surface area contributed by atoms with Crippen LogP contribution in [0.15, 0.2) is 35.4 Å². The third kappa shape index (κ3) is 2.92. The van der Waals surface area contributed by atoms with E-state index >= 15 is 0 Å². The highest BCUT2D eigenvalue weighted by atomic mass is 32.2. The lowest BCUT2D eigenvalue weighted by Crippen LogP contribution is -2.16. The molecule has 112 valence electrons. The molecule has 1 aromatic heterocycles. The largest absolute Gasteiger partial charge is 0.480 e. The molecular weight excluding hydrogens is 309 g/mol. The molecule has 0 aliphatic rings. The predicted molar refractivity (Wildman–Crippen MR) is 67.9 cm³/mol. The van der Waals surface area contributed by atoms with Crippen molar-refractivity contribution in [2.45, 2.75) is 4.90 Å². The van der Waals surface area contributed by atoms with Crippen LogP contribution in [0.2, 0.25) is 0 Å². The van der Waals surface area contributed by atoms with Crippen LogP contribution in [-0.4, -0.2) is 20.5 Å². The van der Waals surface area contributed by atoms with Crippen LogP contribution in [0.4, 0.5) is 18.9 Å². The smallest absolute Gasteiger partial charge is 0.265 e. The molecule has 0 saturated carbocycles. The Labute approximate surface area is 118 Å². The standard InChI is InChI=1S/C12H9F3N2O3S/c1-20-12-8(3-2-6-16-12)17-21(18,19)9-5-4-7(13)10(14)11(9)15/h2-6,17H,1H3. The zero-order valence-electron chi connectivity index (χ0n) is 10.6. The molecule has 0 fully saturated rings. The lowest BCUT2D eigenvalue weighted by molar-refractivity contribution is 0.400. The summed E-state index contributed by atoms with van der Waals surface area (Å²) >= 11 is 0. The van der Waals surface area contributed by atoms with E-state index in [-0.39, 0.29) is 11.6 Å². The first-order valence-corrected chi connectivity index (χ1v) is 7.00. The van der Waals surface area contributed by atoms with Gasteiger partial charge in [0.2, 0.25) is 5.88 Å². The number of hydrogen-bond acceptors (Lipinski definition) is 4. The monoisotopic (exact) mass is 318 g/mol. The van der Waals surface area contributed by atoms with Crippen LogP contribution in [0, 0.1) is 17.5 Å². The number of anilines is 1. The SMILES string of the molecule is COc1ncccc1NS(=O)(=O)c1ccc(F)c(F)c1F. The van der Waals surface area contributed by atoms with E-state index in [1.165, 1.54) is 25.4 Å². The number of ether oxygens (including phenoxy) is 1. The summed E-state index contributed by atoms with van der Waals surface area (Å²) in [5, 5.41) is 0. The van der Waals surface area contributed by atoms with Gasteiger partial charge in [-0.25, -0.2) is 26.6 Å². The molecule has 0 radical (unpaired) electrons. The van der Waals surface area contributed by atoms with Crippen LogP contribution in [0.3, 0.4) is 0 Å². The van der Waals surface area contributed by atoms with Gasteiger partial charge >= 0.3 is 0 Å². The number of benzene rings is 1. The molecule has 21 heavy (non-hydrogen) atoms. The van der Waals surface area contributed by atoms with Crippen molar-refractivity contribution in [3.8, 4) is 5.88 Å². The highest BCUT2D eigenvalue weighted by Gasteiger charge is 2.25. The Morgan fingerprint density at radius 1 is 1.14 bits per heavy atom. The summed E-state index contributed by atoms with van der Waals surface area (Å²) in [6, 6.07) is 3.88. The van der Waals surface area contributed by atoms with Gasteiger partial charge in [-0.2, -0.15) is 0 Å². The van der Waals surface area contributed by atoms with Crippen molar-refractivity contribution in [1.29, 1.82) is 0 Å². The van der Waals surface area contributed by atoms with Crippen molar-refractivity contribution in [3.63, 3.8) is 0 Å². The summed E-state index contributed by atoms with van der Waals surface area (Å²) in [7, 11) is -3.21. The summed E-state index contributed by atoms with van der Waals surface area (Å²) in [5.41, 5.74) is -0.0656. The van der Waals surface area contributed by atoms with Crippen molar-refractivity contribution in [2.24, 2.45) is 0 Å². The van der Waals surface area contributed by atoms with Crippen molar-refractivity contribution in [2.75, 3.05) is 11.8 Å². The lowest BCUT2D eigenvalue weighted by Gasteiger charge is -2.11. The zero-order valence-corrected chi connectivity index (χ0v) is 11.4. The molecule has 5 nitrogen and oxygen atoms in total. The maximum atomic E-state index is 13.6. The van der Waals surface area contributed by atoms with E-state index in [4.69, 9.17) is 4.74 Å². The molecule has 2 rings (SSSR count). The number of rotatable bonds is 4. The fourth-order valence-electron chi connectivity index (χ4n) is 1.55. The maximum absolute atomic E-state index is 13.6. The maximum Gasteiger partial charge on any atom is 0.265 e. The van der Waals surface area contributed by atoms with E-state index in [1.807, 2.05) is 4.72 Å². The van der Waals surface area contributed by atoms with Gasteiger partial charge in [0.15, 0.2) is 17.5 Å². The minimum atomic E-state index is -4.47. The van der Waals surface area contributed by atoms with E-state index < -0.39 is 32.4 Å². The van der Waals surface area contributed by atoms with Gasteiger partial charge in [-0.05, 0) is 24.3 Å².